The molecule has 0 aromatic heterocycles. The first-order valence-corrected chi connectivity index (χ1v) is 5.73. The molecule has 0 aromatic carbocycles. The topological polar surface area (TPSA) is 47.6 Å². The summed E-state index contributed by atoms with van der Waals surface area (Å²) < 4.78 is 5.64. The van der Waals surface area contributed by atoms with Gasteiger partial charge < -0.3 is 10.5 Å². The number of nitrogens with two attached hydrogens (primary N) is 1. The van der Waals surface area contributed by atoms with Crippen LogP contribution in [-0.4, -0.2) is 18.2 Å². The summed E-state index contributed by atoms with van der Waals surface area (Å²) in [5.74, 6) is 0.913. The molecular weight excluding hydrogens is 176 g/mol. The van der Waals surface area contributed by atoms with Gasteiger partial charge in [0.25, 0.3) is 6.02 Å². The minimum atomic E-state index is -0.00563. The van der Waals surface area contributed by atoms with Crippen LogP contribution in [0.15, 0.2) is 4.99 Å². The summed E-state index contributed by atoms with van der Waals surface area (Å²) >= 11 is 0. The molecule has 2 aliphatic rings. The van der Waals surface area contributed by atoms with Crippen LogP contribution in [0.25, 0.3) is 0 Å². The lowest BCUT2D eigenvalue weighted by atomic mass is 9.77. The van der Waals surface area contributed by atoms with Gasteiger partial charge in [-0.3, -0.25) is 0 Å². The smallest absolute Gasteiger partial charge is 0.282 e. The van der Waals surface area contributed by atoms with Crippen molar-refractivity contribution in [2.75, 3.05) is 6.54 Å². The van der Waals surface area contributed by atoms with Crippen molar-refractivity contribution < 1.29 is 4.74 Å². The maximum absolute atomic E-state index is 5.64. The first-order chi connectivity index (χ1) is 6.74. The van der Waals surface area contributed by atoms with Crippen LogP contribution in [0.3, 0.4) is 0 Å². The maximum atomic E-state index is 5.64. The highest BCUT2D eigenvalue weighted by atomic mass is 16.5. The van der Waals surface area contributed by atoms with E-state index in [1.165, 1.54) is 25.7 Å². The monoisotopic (exact) mass is 196 g/mol. The SMILES string of the molecule is CCCC1CCC2(CC1)CN=C(N)O2. The van der Waals surface area contributed by atoms with E-state index in [1.807, 2.05) is 0 Å². The normalized spacial score (nSPS) is 36.9. The van der Waals surface area contributed by atoms with Crippen LogP contribution in [0, 0.1) is 5.92 Å². The number of aliphatic imine (C=N–C) groups is 1. The molecular formula is C11H20N2O. The molecule has 80 valence electrons. The summed E-state index contributed by atoms with van der Waals surface area (Å²) in [7, 11) is 0. The zero-order chi connectivity index (χ0) is 10.0. The molecule has 3 heteroatoms. The molecule has 1 spiro atoms. The molecule has 0 amide bonds. The Hall–Kier alpha value is -0.730. The third-order valence-electron chi connectivity index (χ3n) is 3.56. The van der Waals surface area contributed by atoms with Gasteiger partial charge in [0.05, 0.1) is 6.54 Å². The first kappa shape index (κ1) is 9.81. The van der Waals surface area contributed by atoms with Crippen molar-refractivity contribution in [3.63, 3.8) is 0 Å². The molecule has 0 aromatic rings. The Bertz CT molecular complexity index is 229. The molecule has 0 bridgehead atoms. The molecule has 0 saturated heterocycles. The van der Waals surface area contributed by atoms with Gasteiger partial charge in [-0.2, -0.15) is 0 Å². The van der Waals surface area contributed by atoms with E-state index in [0.717, 1.165) is 25.3 Å². The third-order valence-corrected chi connectivity index (χ3v) is 3.56. The van der Waals surface area contributed by atoms with E-state index in [-0.39, 0.29) is 5.60 Å². The summed E-state index contributed by atoms with van der Waals surface area (Å²) in [4.78, 5) is 4.16. The molecule has 1 fully saturated rings. The predicted molar refractivity (Wildman–Crippen MR) is 57.2 cm³/mol. The Morgan fingerprint density at radius 1 is 1.50 bits per heavy atom. The number of hydrogen-bond donors (Lipinski definition) is 1. The second-order valence-electron chi connectivity index (χ2n) is 4.67. The number of nitrogens with zero attached hydrogens (tertiary/aromatic N) is 1. The van der Waals surface area contributed by atoms with Crippen molar-refractivity contribution in [2.24, 2.45) is 16.6 Å². The molecule has 1 aliphatic heterocycles. The van der Waals surface area contributed by atoms with Gasteiger partial charge in [0.15, 0.2) is 0 Å². The Labute approximate surface area is 85.7 Å². The van der Waals surface area contributed by atoms with Gasteiger partial charge in [0, 0.05) is 0 Å². The van der Waals surface area contributed by atoms with E-state index in [9.17, 15) is 0 Å². The summed E-state index contributed by atoms with van der Waals surface area (Å²) in [5.41, 5.74) is 5.56. The maximum Gasteiger partial charge on any atom is 0.282 e. The van der Waals surface area contributed by atoms with Crippen LogP contribution >= 0.6 is 0 Å². The minimum absolute atomic E-state index is 0.00563. The highest BCUT2D eigenvalue weighted by Crippen LogP contribution is 2.38. The zero-order valence-electron chi connectivity index (χ0n) is 8.96. The molecule has 1 saturated carbocycles. The van der Waals surface area contributed by atoms with E-state index in [2.05, 4.69) is 11.9 Å². The fraction of sp³-hybridized carbons (Fsp3) is 0.909. The largest absolute Gasteiger partial charge is 0.457 e. The van der Waals surface area contributed by atoms with Crippen LogP contribution < -0.4 is 5.73 Å². The molecule has 2 N–H and O–H groups in total. The second kappa shape index (κ2) is 3.79. The van der Waals surface area contributed by atoms with E-state index < -0.39 is 0 Å². The second-order valence-corrected chi connectivity index (χ2v) is 4.67. The Kier molecular flexibility index (Phi) is 2.66. The molecule has 1 aliphatic carbocycles. The molecule has 14 heavy (non-hydrogen) atoms. The van der Waals surface area contributed by atoms with Gasteiger partial charge in [-0.05, 0) is 31.6 Å². The van der Waals surface area contributed by atoms with Crippen molar-refractivity contribution in [1.29, 1.82) is 0 Å². The molecule has 1 heterocycles. The van der Waals surface area contributed by atoms with Gasteiger partial charge in [-0.25, -0.2) is 4.99 Å². The lowest BCUT2D eigenvalue weighted by Gasteiger charge is -2.35. The van der Waals surface area contributed by atoms with Crippen molar-refractivity contribution in [3.05, 3.63) is 0 Å². The Morgan fingerprint density at radius 2 is 2.21 bits per heavy atom. The lowest BCUT2D eigenvalue weighted by Crippen LogP contribution is -2.38. The van der Waals surface area contributed by atoms with Gasteiger partial charge in [-0.15, -0.1) is 0 Å². The lowest BCUT2D eigenvalue weighted by molar-refractivity contribution is 0.0280. The predicted octanol–water partition coefficient (Wildman–Crippen LogP) is 2.06. The highest BCUT2D eigenvalue weighted by molar-refractivity contribution is 5.73. The van der Waals surface area contributed by atoms with Gasteiger partial charge in [-0.1, -0.05) is 19.8 Å². The Morgan fingerprint density at radius 3 is 2.71 bits per heavy atom. The Balaban J connectivity index is 1.84. The average Bonchev–Trinajstić information content (AvgIpc) is 2.53. The van der Waals surface area contributed by atoms with Crippen molar-refractivity contribution in [1.82, 2.24) is 0 Å². The highest BCUT2D eigenvalue weighted by Gasteiger charge is 2.40. The number of ether oxygens (including phenoxy) is 1. The fourth-order valence-electron chi connectivity index (χ4n) is 2.67. The van der Waals surface area contributed by atoms with Crippen molar-refractivity contribution >= 4 is 6.02 Å². The van der Waals surface area contributed by atoms with Crippen LogP contribution in [0.1, 0.15) is 45.4 Å². The number of rotatable bonds is 2. The van der Waals surface area contributed by atoms with E-state index in [1.54, 1.807) is 0 Å². The van der Waals surface area contributed by atoms with Crippen LogP contribution in [0.4, 0.5) is 0 Å². The molecule has 0 radical (unpaired) electrons. The number of amidine groups is 1. The summed E-state index contributed by atoms with van der Waals surface area (Å²) in [5, 5.41) is 0. The quantitative estimate of drug-likeness (QED) is 0.735. The fourth-order valence-corrected chi connectivity index (χ4v) is 2.67. The van der Waals surface area contributed by atoms with Crippen LogP contribution in [-0.2, 0) is 4.74 Å². The molecule has 2 rings (SSSR count). The van der Waals surface area contributed by atoms with E-state index in [4.69, 9.17) is 10.5 Å². The standard InChI is InChI=1S/C11H20N2O/c1-2-3-9-4-6-11(7-5-9)8-13-10(12)14-11/h9H,2-8H2,1H3,(H2,12,13). The summed E-state index contributed by atoms with van der Waals surface area (Å²) in [6.45, 7) is 3.05. The summed E-state index contributed by atoms with van der Waals surface area (Å²) in [6.07, 6.45) is 7.53. The third kappa shape index (κ3) is 1.86. The van der Waals surface area contributed by atoms with E-state index >= 15 is 0 Å². The minimum Gasteiger partial charge on any atom is -0.457 e. The number of hydrogen-bond acceptors (Lipinski definition) is 3. The molecule has 0 unspecified atom stereocenters. The average molecular weight is 196 g/mol. The van der Waals surface area contributed by atoms with Crippen LogP contribution in [0.2, 0.25) is 0 Å². The van der Waals surface area contributed by atoms with Crippen LogP contribution in [0.5, 0.6) is 0 Å². The van der Waals surface area contributed by atoms with Gasteiger partial charge in [0.2, 0.25) is 0 Å². The van der Waals surface area contributed by atoms with Crippen molar-refractivity contribution in [2.45, 2.75) is 51.0 Å². The summed E-state index contributed by atoms with van der Waals surface area (Å²) in [6, 6.07) is 0.402. The van der Waals surface area contributed by atoms with Gasteiger partial charge in [0.1, 0.15) is 5.60 Å². The first-order valence-electron chi connectivity index (χ1n) is 5.73. The van der Waals surface area contributed by atoms with E-state index in [0.29, 0.717) is 6.02 Å². The van der Waals surface area contributed by atoms with Crippen molar-refractivity contribution in [3.8, 4) is 0 Å². The molecule has 3 nitrogen and oxygen atoms in total. The zero-order valence-corrected chi connectivity index (χ0v) is 8.96. The molecule has 0 atom stereocenters. The van der Waals surface area contributed by atoms with Gasteiger partial charge >= 0.3 is 0 Å².